The smallest absolute Gasteiger partial charge is 0.133 e. The molecule has 4 aliphatic carbocycles. The molecule has 0 amide bonds. The molecule has 4 fully saturated rings. The van der Waals surface area contributed by atoms with Gasteiger partial charge in [-0.15, -0.1) is 0 Å². The summed E-state index contributed by atoms with van der Waals surface area (Å²) in [5.41, 5.74) is 1.11. The molecule has 0 aliphatic heterocycles. The Balaban J connectivity index is 1.43. The molecule has 0 spiro atoms. The van der Waals surface area contributed by atoms with Crippen LogP contribution < -0.4 is 0 Å². The molecule has 1 nitrogen and oxygen atoms in total. The number of rotatable bonds is 5. The Morgan fingerprint density at radius 1 is 0.926 bits per heavy atom. The second-order valence-corrected chi connectivity index (χ2v) is 11.9. The SMILES string of the molecule is CC(C)CCCCC1CCC2C3CCC4CC(=O)CCC4(C)C3CCC12C. The minimum atomic E-state index is 0.480. The van der Waals surface area contributed by atoms with Crippen LogP contribution >= 0.6 is 0 Å². The lowest BCUT2D eigenvalue weighted by molar-refractivity contribution is -0.139. The van der Waals surface area contributed by atoms with E-state index in [0.29, 0.717) is 22.5 Å². The highest BCUT2D eigenvalue weighted by Gasteiger charge is 2.59. The van der Waals surface area contributed by atoms with Crippen molar-refractivity contribution < 1.29 is 4.79 Å². The van der Waals surface area contributed by atoms with Gasteiger partial charge < -0.3 is 0 Å². The number of hydrogen-bond acceptors (Lipinski definition) is 1. The fourth-order valence-corrected chi connectivity index (χ4v) is 8.57. The highest BCUT2D eigenvalue weighted by molar-refractivity contribution is 5.79. The molecule has 0 aromatic heterocycles. The molecule has 7 atom stereocenters. The van der Waals surface area contributed by atoms with E-state index < -0.39 is 0 Å². The second kappa shape index (κ2) is 7.49. The molecule has 27 heavy (non-hydrogen) atoms. The minimum Gasteiger partial charge on any atom is -0.300 e. The first-order valence-electron chi connectivity index (χ1n) is 12.4. The van der Waals surface area contributed by atoms with Gasteiger partial charge in [0.25, 0.3) is 0 Å². The maximum Gasteiger partial charge on any atom is 0.133 e. The fraction of sp³-hybridized carbons (Fsp3) is 0.962. The van der Waals surface area contributed by atoms with Crippen molar-refractivity contribution in [1.29, 1.82) is 0 Å². The molecule has 0 radical (unpaired) electrons. The standard InChI is InChI=1S/C26H44O/c1-18(2)7-5-6-8-19-10-12-23-22-11-9-20-17-21(27)13-15-26(20,4)24(22)14-16-25(19,23)3/h18-20,22-24H,5-17H2,1-4H3. The van der Waals surface area contributed by atoms with Crippen molar-refractivity contribution in [2.24, 2.45) is 46.3 Å². The summed E-state index contributed by atoms with van der Waals surface area (Å²) in [6, 6.07) is 0. The Hall–Kier alpha value is -0.330. The van der Waals surface area contributed by atoms with E-state index in [2.05, 4.69) is 27.7 Å². The summed E-state index contributed by atoms with van der Waals surface area (Å²) in [5, 5.41) is 0. The quantitative estimate of drug-likeness (QED) is 0.458. The van der Waals surface area contributed by atoms with Gasteiger partial charge in [0, 0.05) is 12.8 Å². The number of hydrogen-bond donors (Lipinski definition) is 0. The lowest BCUT2D eigenvalue weighted by atomic mass is 9.44. The number of unbranched alkanes of at least 4 members (excludes halogenated alkanes) is 1. The second-order valence-electron chi connectivity index (χ2n) is 11.9. The number of fused-ring (bicyclic) bond motifs is 5. The van der Waals surface area contributed by atoms with E-state index in [1.54, 1.807) is 0 Å². The maximum absolute atomic E-state index is 12.1. The molecular formula is C26H44O. The molecule has 4 aliphatic rings. The fourth-order valence-electron chi connectivity index (χ4n) is 8.57. The Morgan fingerprint density at radius 2 is 1.70 bits per heavy atom. The van der Waals surface area contributed by atoms with Crippen LogP contribution in [0.3, 0.4) is 0 Å². The topological polar surface area (TPSA) is 17.1 Å². The van der Waals surface area contributed by atoms with Gasteiger partial charge in [-0.05, 0) is 97.7 Å². The minimum absolute atomic E-state index is 0.480. The molecule has 0 N–H and O–H groups in total. The lowest BCUT2D eigenvalue weighted by Crippen LogP contribution is -2.53. The summed E-state index contributed by atoms with van der Waals surface area (Å²) in [6.07, 6.45) is 17.5. The van der Waals surface area contributed by atoms with Gasteiger partial charge in [0.15, 0.2) is 0 Å². The van der Waals surface area contributed by atoms with E-state index >= 15 is 0 Å². The van der Waals surface area contributed by atoms with Crippen LogP contribution in [0.25, 0.3) is 0 Å². The number of ketones is 1. The van der Waals surface area contributed by atoms with Crippen LogP contribution in [0.5, 0.6) is 0 Å². The summed E-state index contributed by atoms with van der Waals surface area (Å²) >= 11 is 0. The van der Waals surface area contributed by atoms with E-state index in [-0.39, 0.29) is 0 Å². The van der Waals surface area contributed by atoms with Gasteiger partial charge in [-0.25, -0.2) is 0 Å². The van der Waals surface area contributed by atoms with Crippen LogP contribution in [0.2, 0.25) is 0 Å². The van der Waals surface area contributed by atoms with Crippen LogP contribution in [0.4, 0.5) is 0 Å². The van der Waals surface area contributed by atoms with E-state index in [1.807, 2.05) is 0 Å². The first kappa shape index (κ1) is 20.0. The maximum atomic E-state index is 12.1. The van der Waals surface area contributed by atoms with E-state index in [0.717, 1.165) is 42.4 Å². The highest BCUT2D eigenvalue weighted by Crippen LogP contribution is 2.67. The molecule has 154 valence electrons. The number of Topliss-reactive ketones (excluding diaryl/α,β-unsaturated/α-hetero) is 1. The zero-order valence-corrected chi connectivity index (χ0v) is 18.6. The third-order valence-corrected chi connectivity index (χ3v) is 10.3. The van der Waals surface area contributed by atoms with Gasteiger partial charge in [0.1, 0.15) is 5.78 Å². The van der Waals surface area contributed by atoms with Crippen molar-refractivity contribution in [3.63, 3.8) is 0 Å². The van der Waals surface area contributed by atoms with Gasteiger partial charge >= 0.3 is 0 Å². The summed E-state index contributed by atoms with van der Waals surface area (Å²) in [5.74, 6) is 6.00. The molecule has 0 saturated heterocycles. The molecule has 0 bridgehead atoms. The zero-order chi connectivity index (χ0) is 19.2. The first-order chi connectivity index (χ1) is 12.8. The molecular weight excluding hydrogens is 328 g/mol. The van der Waals surface area contributed by atoms with E-state index in [1.165, 1.54) is 70.6 Å². The third kappa shape index (κ3) is 3.44. The highest BCUT2D eigenvalue weighted by atomic mass is 16.1. The van der Waals surface area contributed by atoms with Crippen molar-refractivity contribution in [1.82, 2.24) is 0 Å². The molecule has 7 unspecified atom stereocenters. The van der Waals surface area contributed by atoms with Gasteiger partial charge in [0.2, 0.25) is 0 Å². The Bertz CT molecular complexity index is 550. The van der Waals surface area contributed by atoms with E-state index in [4.69, 9.17) is 0 Å². The van der Waals surface area contributed by atoms with Gasteiger partial charge in [0.05, 0.1) is 0 Å². The van der Waals surface area contributed by atoms with Gasteiger partial charge in [-0.3, -0.25) is 4.79 Å². The molecule has 0 aromatic rings. The Labute approximate surface area is 168 Å². The molecule has 1 heteroatoms. The summed E-state index contributed by atoms with van der Waals surface area (Å²) in [6.45, 7) is 10.0. The predicted octanol–water partition coefficient (Wildman–Crippen LogP) is 7.43. The lowest BCUT2D eigenvalue weighted by Gasteiger charge is -2.60. The monoisotopic (exact) mass is 372 g/mol. The molecule has 0 aromatic carbocycles. The predicted molar refractivity (Wildman–Crippen MR) is 114 cm³/mol. The van der Waals surface area contributed by atoms with Crippen LogP contribution in [0.1, 0.15) is 111 Å². The zero-order valence-electron chi connectivity index (χ0n) is 18.6. The largest absolute Gasteiger partial charge is 0.300 e. The van der Waals surface area contributed by atoms with Crippen molar-refractivity contribution >= 4 is 5.78 Å². The normalized spacial score (nSPS) is 46.9. The van der Waals surface area contributed by atoms with Crippen molar-refractivity contribution in [2.75, 3.05) is 0 Å². The molecule has 4 saturated carbocycles. The van der Waals surface area contributed by atoms with Crippen LogP contribution in [-0.4, -0.2) is 5.78 Å². The summed E-state index contributed by atoms with van der Waals surface area (Å²) in [7, 11) is 0. The van der Waals surface area contributed by atoms with Gasteiger partial charge in [-0.2, -0.15) is 0 Å². The van der Waals surface area contributed by atoms with Gasteiger partial charge in [-0.1, -0.05) is 47.0 Å². The Kier molecular flexibility index (Phi) is 5.54. The molecule has 0 heterocycles. The molecule has 4 rings (SSSR count). The number of carbonyl (C=O) groups excluding carboxylic acids is 1. The van der Waals surface area contributed by atoms with Crippen LogP contribution in [0.15, 0.2) is 0 Å². The van der Waals surface area contributed by atoms with E-state index in [9.17, 15) is 4.79 Å². The van der Waals surface area contributed by atoms with Crippen molar-refractivity contribution in [3.8, 4) is 0 Å². The third-order valence-electron chi connectivity index (χ3n) is 10.3. The number of carbonyl (C=O) groups is 1. The van der Waals surface area contributed by atoms with Crippen molar-refractivity contribution in [3.05, 3.63) is 0 Å². The average Bonchev–Trinajstić information content (AvgIpc) is 2.96. The Morgan fingerprint density at radius 3 is 2.48 bits per heavy atom. The summed E-state index contributed by atoms with van der Waals surface area (Å²) in [4.78, 5) is 12.1. The van der Waals surface area contributed by atoms with Crippen molar-refractivity contribution in [2.45, 2.75) is 111 Å². The first-order valence-corrected chi connectivity index (χ1v) is 12.4. The average molecular weight is 373 g/mol. The van der Waals surface area contributed by atoms with Crippen LogP contribution in [-0.2, 0) is 4.79 Å². The van der Waals surface area contributed by atoms with Crippen LogP contribution in [0, 0.1) is 46.3 Å². The summed E-state index contributed by atoms with van der Waals surface area (Å²) < 4.78 is 0.